The van der Waals surface area contributed by atoms with Gasteiger partial charge in [0.05, 0.1) is 13.2 Å². The number of aliphatic hydroxyl groups excluding tert-OH is 1. The number of hydrogen-bond donors (Lipinski definition) is 3. The van der Waals surface area contributed by atoms with Crippen molar-refractivity contribution >= 4 is 17.6 Å². The van der Waals surface area contributed by atoms with E-state index in [2.05, 4.69) is 15.5 Å². The van der Waals surface area contributed by atoms with Crippen molar-refractivity contribution in [1.29, 1.82) is 0 Å². The molecule has 0 bridgehead atoms. The van der Waals surface area contributed by atoms with Gasteiger partial charge in [0, 0.05) is 31.4 Å². The van der Waals surface area contributed by atoms with Crippen LogP contribution in [0.5, 0.6) is 0 Å². The highest BCUT2D eigenvalue weighted by Gasteiger charge is 2.37. The van der Waals surface area contributed by atoms with Crippen LogP contribution >= 0.6 is 0 Å². The third-order valence-electron chi connectivity index (χ3n) is 6.00. The van der Waals surface area contributed by atoms with Gasteiger partial charge in [0.1, 0.15) is 6.04 Å². The maximum Gasteiger partial charge on any atom is 0.318 e. The van der Waals surface area contributed by atoms with Crippen molar-refractivity contribution in [2.24, 2.45) is 5.92 Å². The first-order valence-electron chi connectivity index (χ1n) is 10.3. The highest BCUT2D eigenvalue weighted by atomic mass is 16.3. The first kappa shape index (κ1) is 20.6. The number of anilines is 1. The molecule has 3 rings (SSSR count). The van der Waals surface area contributed by atoms with E-state index in [1.165, 1.54) is 0 Å². The molecule has 7 heteroatoms. The number of amides is 3. The molecule has 0 aliphatic carbocycles. The van der Waals surface area contributed by atoms with E-state index in [-0.39, 0.29) is 30.5 Å². The molecule has 28 heavy (non-hydrogen) atoms. The fourth-order valence-corrected chi connectivity index (χ4v) is 4.10. The number of nitrogens with zero attached hydrogens (tertiary/aromatic N) is 2. The molecule has 7 nitrogen and oxygen atoms in total. The van der Waals surface area contributed by atoms with Gasteiger partial charge in [-0.15, -0.1) is 0 Å². The number of aliphatic hydroxyl groups is 1. The Labute approximate surface area is 167 Å². The Balaban J connectivity index is 1.74. The van der Waals surface area contributed by atoms with E-state index < -0.39 is 6.04 Å². The van der Waals surface area contributed by atoms with Crippen LogP contribution in [-0.2, 0) is 11.3 Å². The highest BCUT2D eigenvalue weighted by molar-refractivity contribution is 5.98. The second-order valence-electron chi connectivity index (χ2n) is 7.89. The van der Waals surface area contributed by atoms with Gasteiger partial charge in [-0.1, -0.05) is 38.5 Å². The summed E-state index contributed by atoms with van der Waals surface area (Å²) in [7, 11) is 0. The number of carbonyl (C=O) groups excluding carboxylic acids is 2. The number of urea groups is 1. The zero-order valence-corrected chi connectivity index (χ0v) is 16.9. The molecule has 0 spiro atoms. The van der Waals surface area contributed by atoms with Gasteiger partial charge >= 0.3 is 6.03 Å². The van der Waals surface area contributed by atoms with Crippen LogP contribution in [0.15, 0.2) is 24.3 Å². The molecular formula is C21H32N4O3. The number of piperidine rings is 1. The molecule has 2 unspecified atom stereocenters. The number of β-amino-alcohol motifs (C(OH)–C–C–N with tert-alkyl or cyclic N) is 1. The maximum absolute atomic E-state index is 13.2. The average Bonchev–Trinajstić information content (AvgIpc) is 2.85. The van der Waals surface area contributed by atoms with Crippen LogP contribution in [0.25, 0.3) is 0 Å². The van der Waals surface area contributed by atoms with Crippen molar-refractivity contribution < 1.29 is 14.7 Å². The molecule has 0 radical (unpaired) electrons. The molecule has 2 heterocycles. The first-order chi connectivity index (χ1) is 13.5. The number of fused-ring (bicyclic) bond motifs is 1. The van der Waals surface area contributed by atoms with E-state index in [0.29, 0.717) is 13.1 Å². The number of nitrogens with one attached hydrogen (secondary N) is 2. The maximum atomic E-state index is 13.2. The third-order valence-corrected chi connectivity index (χ3v) is 6.00. The van der Waals surface area contributed by atoms with Crippen LogP contribution in [0.2, 0.25) is 0 Å². The normalized spacial score (nSPS) is 22.2. The molecule has 0 aromatic heterocycles. The molecule has 1 saturated heterocycles. The minimum atomic E-state index is -0.494. The van der Waals surface area contributed by atoms with Gasteiger partial charge in [-0.3, -0.25) is 4.79 Å². The molecule has 3 N–H and O–H groups in total. The fraction of sp³-hybridized carbons (Fsp3) is 0.619. The minimum absolute atomic E-state index is 0.0615. The molecule has 1 aromatic rings. The number of likely N-dealkylation sites (tertiary alicyclic amines) is 1. The van der Waals surface area contributed by atoms with E-state index >= 15 is 0 Å². The lowest BCUT2D eigenvalue weighted by Crippen LogP contribution is -2.55. The van der Waals surface area contributed by atoms with Crippen LogP contribution in [0.4, 0.5) is 10.5 Å². The van der Waals surface area contributed by atoms with Crippen molar-refractivity contribution in [3.8, 4) is 0 Å². The van der Waals surface area contributed by atoms with Crippen molar-refractivity contribution in [2.75, 3.05) is 31.6 Å². The molecule has 154 valence electrons. The molecule has 2 aliphatic rings. The summed E-state index contributed by atoms with van der Waals surface area (Å²) in [5.74, 6) is -0.0568. The van der Waals surface area contributed by atoms with Crippen LogP contribution in [0, 0.1) is 5.92 Å². The molecule has 1 fully saturated rings. The zero-order valence-electron chi connectivity index (χ0n) is 16.9. The summed E-state index contributed by atoms with van der Waals surface area (Å²) in [6.07, 6.45) is 2.53. The van der Waals surface area contributed by atoms with Gasteiger partial charge in [-0.25, -0.2) is 4.79 Å². The Morgan fingerprint density at radius 3 is 2.71 bits per heavy atom. The van der Waals surface area contributed by atoms with Gasteiger partial charge in [-0.2, -0.15) is 0 Å². The van der Waals surface area contributed by atoms with E-state index in [1.807, 2.05) is 38.1 Å². The lowest BCUT2D eigenvalue weighted by Gasteiger charge is -2.36. The second-order valence-corrected chi connectivity index (χ2v) is 7.89. The summed E-state index contributed by atoms with van der Waals surface area (Å²) < 4.78 is 0. The number of rotatable bonds is 5. The second kappa shape index (κ2) is 9.39. The monoisotopic (exact) mass is 388 g/mol. The van der Waals surface area contributed by atoms with Crippen molar-refractivity contribution in [1.82, 2.24) is 15.1 Å². The average molecular weight is 389 g/mol. The molecule has 2 atom stereocenters. The summed E-state index contributed by atoms with van der Waals surface area (Å²) >= 11 is 0. The van der Waals surface area contributed by atoms with Gasteiger partial charge in [0.15, 0.2) is 0 Å². The Morgan fingerprint density at radius 1 is 1.32 bits per heavy atom. The number of carbonyl (C=O) groups is 2. The topological polar surface area (TPSA) is 84.9 Å². The van der Waals surface area contributed by atoms with E-state index in [9.17, 15) is 9.59 Å². The smallest absolute Gasteiger partial charge is 0.318 e. The number of para-hydroxylation sites is 1. The third kappa shape index (κ3) is 4.64. The Morgan fingerprint density at radius 2 is 2.04 bits per heavy atom. The predicted octanol–water partition coefficient (Wildman–Crippen LogP) is 2.02. The SMILES string of the molecule is CCC(C)C1C(=O)Nc2ccccc2CN1C(=O)NC1CCN(CCO)CC1. The summed E-state index contributed by atoms with van der Waals surface area (Å²) in [6, 6.07) is 7.11. The summed E-state index contributed by atoms with van der Waals surface area (Å²) in [5.41, 5.74) is 1.74. The highest BCUT2D eigenvalue weighted by Crippen LogP contribution is 2.27. The molecular weight excluding hydrogens is 356 g/mol. The standard InChI is InChI=1S/C21H32N4O3/c1-3-15(2)19-20(27)23-18-7-5-4-6-16(18)14-25(19)21(28)22-17-8-10-24(11-9-17)12-13-26/h4-7,15,17,19,26H,3,8-14H2,1-2H3,(H,22,28)(H,23,27). The van der Waals surface area contributed by atoms with Gasteiger partial charge in [0.2, 0.25) is 5.91 Å². The van der Waals surface area contributed by atoms with Gasteiger partial charge in [-0.05, 0) is 30.4 Å². The van der Waals surface area contributed by atoms with E-state index in [1.54, 1.807) is 4.90 Å². The van der Waals surface area contributed by atoms with E-state index in [4.69, 9.17) is 5.11 Å². The first-order valence-corrected chi connectivity index (χ1v) is 10.3. The zero-order chi connectivity index (χ0) is 20.1. The minimum Gasteiger partial charge on any atom is -0.395 e. The van der Waals surface area contributed by atoms with Crippen LogP contribution < -0.4 is 10.6 Å². The van der Waals surface area contributed by atoms with E-state index in [0.717, 1.165) is 43.6 Å². The summed E-state index contributed by atoms with van der Waals surface area (Å²) in [6.45, 7) is 7.05. The Hall–Kier alpha value is -2.12. The van der Waals surface area contributed by atoms with Crippen molar-refractivity contribution in [3.05, 3.63) is 29.8 Å². The molecule has 0 saturated carbocycles. The Kier molecular flexibility index (Phi) is 6.91. The van der Waals surface area contributed by atoms with Crippen molar-refractivity contribution in [3.63, 3.8) is 0 Å². The largest absolute Gasteiger partial charge is 0.395 e. The number of benzene rings is 1. The van der Waals surface area contributed by atoms with Crippen LogP contribution in [-0.4, -0.2) is 65.2 Å². The lowest BCUT2D eigenvalue weighted by molar-refractivity contribution is -0.121. The quantitative estimate of drug-likeness (QED) is 0.721. The van der Waals surface area contributed by atoms with Crippen LogP contribution in [0.1, 0.15) is 38.7 Å². The fourth-order valence-electron chi connectivity index (χ4n) is 4.10. The molecule has 2 aliphatic heterocycles. The van der Waals surface area contributed by atoms with Crippen LogP contribution in [0.3, 0.4) is 0 Å². The van der Waals surface area contributed by atoms with Crippen molar-refractivity contribution in [2.45, 2.75) is 51.7 Å². The molecule has 1 aromatic carbocycles. The predicted molar refractivity (Wildman–Crippen MR) is 109 cm³/mol. The summed E-state index contributed by atoms with van der Waals surface area (Å²) in [5, 5.41) is 15.2. The van der Waals surface area contributed by atoms with Gasteiger partial charge < -0.3 is 25.5 Å². The number of hydrogen-bond acceptors (Lipinski definition) is 4. The Bertz CT molecular complexity index is 688. The lowest BCUT2D eigenvalue weighted by atomic mass is 9.97. The summed E-state index contributed by atoms with van der Waals surface area (Å²) in [4.78, 5) is 30.0. The van der Waals surface area contributed by atoms with Gasteiger partial charge in [0.25, 0.3) is 0 Å². The molecule has 3 amide bonds.